The van der Waals surface area contributed by atoms with E-state index in [1.807, 2.05) is 31.7 Å². The molecule has 1 N–H and O–H groups in total. The van der Waals surface area contributed by atoms with E-state index in [-0.39, 0.29) is 35.5 Å². The van der Waals surface area contributed by atoms with Crippen molar-refractivity contribution in [3.8, 4) is 0 Å². The lowest BCUT2D eigenvalue weighted by molar-refractivity contribution is -0.00438. The van der Waals surface area contributed by atoms with Gasteiger partial charge in [0.05, 0.1) is 36.7 Å². The molecule has 3 aromatic rings. The van der Waals surface area contributed by atoms with Crippen molar-refractivity contribution >= 4 is 29.2 Å². The molecule has 0 radical (unpaired) electrons. The van der Waals surface area contributed by atoms with Crippen LogP contribution < -0.4 is 10.2 Å². The Hall–Kier alpha value is -3.85. The number of halogens is 2. The number of carbonyl (C=O) groups excluding carboxylic acids is 2. The molecular formula is C37H51F2N9O4. The number of piperidine rings is 2. The van der Waals surface area contributed by atoms with Crippen molar-refractivity contribution in [2.75, 3.05) is 56.1 Å². The quantitative estimate of drug-likeness (QED) is 0.316. The molecule has 8 rings (SSSR count). The van der Waals surface area contributed by atoms with Crippen LogP contribution in [0.25, 0.3) is 5.65 Å². The molecule has 3 aromatic heterocycles. The summed E-state index contributed by atoms with van der Waals surface area (Å²) in [5, 5.41) is 11.3. The van der Waals surface area contributed by atoms with Crippen molar-refractivity contribution < 1.29 is 27.8 Å². The molecule has 7 heterocycles. The molecular weight excluding hydrogens is 672 g/mol. The predicted molar refractivity (Wildman–Crippen MR) is 190 cm³/mol. The van der Waals surface area contributed by atoms with Gasteiger partial charge in [0.25, 0.3) is 12.3 Å². The van der Waals surface area contributed by atoms with E-state index >= 15 is 0 Å². The van der Waals surface area contributed by atoms with Gasteiger partial charge in [-0.2, -0.15) is 10.2 Å². The molecule has 13 nitrogen and oxygen atoms in total. The van der Waals surface area contributed by atoms with E-state index in [0.29, 0.717) is 23.6 Å². The second-order valence-electron chi connectivity index (χ2n) is 16.7. The van der Waals surface area contributed by atoms with E-state index in [2.05, 4.69) is 25.3 Å². The van der Waals surface area contributed by atoms with Crippen LogP contribution in [0.1, 0.15) is 107 Å². The fraction of sp³-hybridized carbons (Fsp3) is 0.703. The number of aromatic nitrogens is 5. The molecule has 2 bridgehead atoms. The van der Waals surface area contributed by atoms with Gasteiger partial charge in [0.1, 0.15) is 17.0 Å². The lowest BCUT2D eigenvalue weighted by Gasteiger charge is -2.47. The maximum atomic E-state index is 14.2. The third-order valence-corrected chi connectivity index (χ3v) is 12.1. The highest BCUT2D eigenvalue weighted by Gasteiger charge is 2.41. The van der Waals surface area contributed by atoms with Crippen molar-refractivity contribution in [2.24, 2.45) is 11.3 Å². The number of amides is 2. The molecule has 1 spiro atoms. The minimum Gasteiger partial charge on any atom is -0.444 e. The number of morpholine rings is 1. The molecule has 5 fully saturated rings. The van der Waals surface area contributed by atoms with Crippen LogP contribution in [0.15, 0.2) is 24.7 Å². The van der Waals surface area contributed by atoms with Crippen LogP contribution in [-0.2, 0) is 9.47 Å². The maximum Gasteiger partial charge on any atom is 0.410 e. The highest BCUT2D eigenvalue weighted by molar-refractivity contribution is 6.08. The normalized spacial score (nSPS) is 26.5. The third kappa shape index (κ3) is 7.22. The van der Waals surface area contributed by atoms with Crippen LogP contribution in [-0.4, -0.2) is 110 Å². The topological polar surface area (TPSA) is 122 Å². The molecule has 52 heavy (non-hydrogen) atoms. The SMILES string of the molecule is CC(C)(C)OC(=O)N1CCC2(CCN(CC3CCC(n4cc(NC(=O)c5cnn6ccc(N7C[C@H]8C[C@@H]7CO8)nc56)c(C(F)F)n4)CC3)CC2)CC1. The summed E-state index contributed by atoms with van der Waals surface area (Å²) in [6.45, 7) is 11.9. The fourth-order valence-corrected chi connectivity index (χ4v) is 9.06. The van der Waals surface area contributed by atoms with Crippen molar-refractivity contribution in [1.82, 2.24) is 34.2 Å². The number of nitrogens with one attached hydrogen (secondary N) is 1. The second kappa shape index (κ2) is 13.9. The molecule has 0 aromatic carbocycles. The van der Waals surface area contributed by atoms with E-state index in [0.717, 1.165) is 103 Å². The zero-order chi connectivity index (χ0) is 36.2. The molecule has 1 saturated carbocycles. The summed E-state index contributed by atoms with van der Waals surface area (Å²) in [7, 11) is 0. The minimum atomic E-state index is -2.83. The van der Waals surface area contributed by atoms with Crippen LogP contribution in [0.5, 0.6) is 0 Å². The largest absolute Gasteiger partial charge is 0.444 e. The van der Waals surface area contributed by atoms with Gasteiger partial charge in [0, 0.05) is 38.6 Å². The summed E-state index contributed by atoms with van der Waals surface area (Å²) in [5.41, 5.74) is 0.0191. The number of carbonyl (C=O) groups is 2. The Balaban J connectivity index is 0.838. The van der Waals surface area contributed by atoms with Crippen molar-refractivity contribution in [3.63, 3.8) is 0 Å². The van der Waals surface area contributed by atoms with Crippen LogP contribution in [0, 0.1) is 11.3 Å². The number of hydrogen-bond acceptors (Lipinski definition) is 9. The lowest BCUT2D eigenvalue weighted by Crippen LogP contribution is -2.49. The maximum absolute atomic E-state index is 14.2. The number of fused-ring (bicyclic) bond motifs is 3. The van der Waals surface area contributed by atoms with Crippen LogP contribution in [0.2, 0.25) is 0 Å². The third-order valence-electron chi connectivity index (χ3n) is 12.1. The Morgan fingerprint density at radius 1 is 1.06 bits per heavy atom. The van der Waals surface area contributed by atoms with E-state index in [1.54, 1.807) is 17.1 Å². The Bertz CT molecular complexity index is 1760. The standard InChI is InChI=1S/C37H51F2N9O4/c1-36(2,3)52-35(50)45-16-11-37(12-17-45)9-14-44(15-10-37)20-24-4-6-25(7-5-24)48-22-29(31(43-48)32(38)39)41-34(49)28-19-40-47-13-8-30(42-33(28)47)46-21-27-18-26(46)23-51-27/h8,13,19,22,24-27,32H,4-7,9-12,14-18,20-21,23H2,1-3H3,(H,41,49)/t24?,25?,26-,27-/m1/s1. The fourth-order valence-electron chi connectivity index (χ4n) is 9.06. The van der Waals surface area contributed by atoms with Crippen molar-refractivity contribution in [1.29, 1.82) is 0 Å². The number of ether oxygens (including phenoxy) is 2. The molecule has 0 unspecified atom stereocenters. The first-order valence-electron chi connectivity index (χ1n) is 19.0. The van der Waals surface area contributed by atoms with Gasteiger partial charge in [0.2, 0.25) is 0 Å². The van der Waals surface area contributed by atoms with Gasteiger partial charge in [-0.15, -0.1) is 0 Å². The predicted octanol–water partition coefficient (Wildman–Crippen LogP) is 5.94. The summed E-state index contributed by atoms with van der Waals surface area (Å²) in [4.78, 5) is 37.4. The Morgan fingerprint density at radius 3 is 2.44 bits per heavy atom. The summed E-state index contributed by atoms with van der Waals surface area (Å²) >= 11 is 0. The first kappa shape index (κ1) is 35.2. The zero-order valence-electron chi connectivity index (χ0n) is 30.5. The molecule has 4 saturated heterocycles. The summed E-state index contributed by atoms with van der Waals surface area (Å²) in [6.07, 6.45) is 11.0. The first-order chi connectivity index (χ1) is 24.9. The van der Waals surface area contributed by atoms with Crippen molar-refractivity contribution in [2.45, 2.75) is 109 Å². The van der Waals surface area contributed by atoms with Gasteiger partial charge in [-0.05, 0) is 109 Å². The number of alkyl halides is 2. The summed E-state index contributed by atoms with van der Waals surface area (Å²) < 4.78 is 42.9. The number of anilines is 2. The van der Waals surface area contributed by atoms with Crippen LogP contribution >= 0.6 is 0 Å². The lowest BCUT2D eigenvalue weighted by atomic mass is 9.71. The molecule has 4 aliphatic heterocycles. The molecule has 5 aliphatic rings. The minimum absolute atomic E-state index is 0.000148. The molecule has 1 aliphatic carbocycles. The van der Waals surface area contributed by atoms with Crippen LogP contribution in [0.4, 0.5) is 25.1 Å². The average Bonchev–Trinajstić information content (AvgIpc) is 3.93. The molecule has 15 heteroatoms. The number of likely N-dealkylation sites (tertiary alicyclic amines) is 2. The first-order valence-corrected chi connectivity index (χ1v) is 19.0. The van der Waals surface area contributed by atoms with Gasteiger partial charge < -0.3 is 29.5 Å². The number of rotatable bonds is 7. The Labute approximate surface area is 303 Å². The molecule has 2 amide bonds. The summed E-state index contributed by atoms with van der Waals surface area (Å²) in [5.74, 6) is 0.754. The van der Waals surface area contributed by atoms with Gasteiger partial charge in [-0.25, -0.2) is 23.1 Å². The Kier molecular flexibility index (Phi) is 9.37. The highest BCUT2D eigenvalue weighted by Crippen LogP contribution is 2.43. The highest BCUT2D eigenvalue weighted by atomic mass is 19.3. The van der Waals surface area contributed by atoms with Gasteiger partial charge >= 0.3 is 6.09 Å². The molecule has 282 valence electrons. The average molecular weight is 724 g/mol. The van der Waals surface area contributed by atoms with Gasteiger partial charge in [0.15, 0.2) is 11.3 Å². The van der Waals surface area contributed by atoms with E-state index in [4.69, 9.17) is 14.5 Å². The zero-order valence-corrected chi connectivity index (χ0v) is 30.5. The van der Waals surface area contributed by atoms with E-state index < -0.39 is 23.6 Å². The second-order valence-corrected chi connectivity index (χ2v) is 16.7. The number of hydrogen-bond donors (Lipinski definition) is 1. The van der Waals surface area contributed by atoms with Crippen LogP contribution in [0.3, 0.4) is 0 Å². The Morgan fingerprint density at radius 2 is 1.79 bits per heavy atom. The smallest absolute Gasteiger partial charge is 0.410 e. The van der Waals surface area contributed by atoms with Crippen molar-refractivity contribution in [3.05, 3.63) is 35.9 Å². The van der Waals surface area contributed by atoms with Gasteiger partial charge in [-0.3, -0.25) is 9.48 Å². The van der Waals surface area contributed by atoms with E-state index in [1.165, 1.54) is 10.7 Å². The monoisotopic (exact) mass is 723 g/mol. The number of nitrogens with zero attached hydrogens (tertiary/aromatic N) is 8. The van der Waals surface area contributed by atoms with E-state index in [9.17, 15) is 18.4 Å². The summed E-state index contributed by atoms with van der Waals surface area (Å²) in [6, 6.07) is 2.13. The molecule has 2 atom stereocenters. The van der Waals surface area contributed by atoms with Gasteiger partial charge in [-0.1, -0.05) is 0 Å².